The number of aromatic nitrogens is 2. The van der Waals surface area contributed by atoms with Crippen LogP contribution in [0.5, 0.6) is 0 Å². The molecule has 2 aromatic heterocycles. The van der Waals surface area contributed by atoms with Crippen molar-refractivity contribution in [1.82, 2.24) is 13.1 Å². The number of rotatable bonds is 3. The summed E-state index contributed by atoms with van der Waals surface area (Å²) in [5.41, 5.74) is 2.85. The summed E-state index contributed by atoms with van der Waals surface area (Å²) in [5, 5.41) is 0. The van der Waals surface area contributed by atoms with E-state index in [1.807, 2.05) is 31.2 Å². The fraction of sp³-hybridized carbons (Fsp3) is 0.250. The highest BCUT2D eigenvalue weighted by molar-refractivity contribution is 7.91. The number of aryl methyl sites for hydroxylation is 1. The van der Waals surface area contributed by atoms with E-state index in [-0.39, 0.29) is 0 Å². The third-order valence-corrected chi connectivity index (χ3v) is 8.00. The Morgan fingerprint density at radius 2 is 2.04 bits per heavy atom. The van der Waals surface area contributed by atoms with Crippen molar-refractivity contribution in [3.63, 3.8) is 0 Å². The molecule has 1 aliphatic rings. The molecule has 0 saturated heterocycles. The number of fused-ring (bicyclic) bond motifs is 1. The second-order valence-corrected chi connectivity index (χ2v) is 9.63. The van der Waals surface area contributed by atoms with Crippen molar-refractivity contribution in [2.45, 2.75) is 23.6 Å². The second kappa shape index (κ2) is 6.03. The van der Waals surface area contributed by atoms with Gasteiger partial charge in [-0.25, -0.2) is 8.42 Å². The standard InChI is InChI=1S/C16H15N3O2S3/c1-11-6-7-15(22-11)24(20,21)19-9-8-12-4-2-3-5-13(12)16(19)14-10-17-23-18-14/h2-7,10,16H,8-9H2,1H3. The van der Waals surface area contributed by atoms with Gasteiger partial charge in [-0.05, 0) is 36.6 Å². The number of nitrogens with zero attached hydrogens (tertiary/aromatic N) is 3. The zero-order chi connectivity index (χ0) is 16.7. The van der Waals surface area contributed by atoms with Crippen LogP contribution in [0.25, 0.3) is 0 Å². The number of thiophene rings is 1. The average Bonchev–Trinajstić information content (AvgIpc) is 3.25. The van der Waals surface area contributed by atoms with E-state index in [1.165, 1.54) is 16.9 Å². The van der Waals surface area contributed by atoms with Crippen molar-refractivity contribution in [1.29, 1.82) is 0 Å². The summed E-state index contributed by atoms with van der Waals surface area (Å²) in [6.07, 6.45) is 2.37. The SMILES string of the molecule is Cc1ccc(S(=O)(=O)N2CCc3ccccc3C2c2cnsn2)s1. The summed E-state index contributed by atoms with van der Waals surface area (Å²) < 4.78 is 36.8. The lowest BCUT2D eigenvalue weighted by Gasteiger charge is -2.34. The summed E-state index contributed by atoms with van der Waals surface area (Å²) >= 11 is 2.41. The van der Waals surface area contributed by atoms with Gasteiger partial charge in [-0.2, -0.15) is 13.1 Å². The fourth-order valence-electron chi connectivity index (χ4n) is 3.07. The van der Waals surface area contributed by atoms with Gasteiger partial charge in [0.1, 0.15) is 4.21 Å². The largest absolute Gasteiger partial charge is 0.253 e. The highest BCUT2D eigenvalue weighted by Crippen LogP contribution is 2.39. The van der Waals surface area contributed by atoms with Crippen LogP contribution in [0.2, 0.25) is 0 Å². The van der Waals surface area contributed by atoms with Crippen molar-refractivity contribution >= 4 is 33.1 Å². The van der Waals surface area contributed by atoms with Crippen molar-refractivity contribution in [3.05, 3.63) is 64.3 Å². The van der Waals surface area contributed by atoms with Crippen LogP contribution in [0.4, 0.5) is 0 Å². The Labute approximate surface area is 149 Å². The van der Waals surface area contributed by atoms with E-state index in [0.29, 0.717) is 22.9 Å². The molecule has 0 amide bonds. The van der Waals surface area contributed by atoms with Gasteiger partial charge in [0, 0.05) is 11.4 Å². The molecule has 4 rings (SSSR count). The van der Waals surface area contributed by atoms with Crippen molar-refractivity contribution in [2.75, 3.05) is 6.54 Å². The molecule has 1 atom stereocenters. The highest BCUT2D eigenvalue weighted by Gasteiger charge is 2.39. The van der Waals surface area contributed by atoms with Gasteiger partial charge in [-0.15, -0.1) is 11.3 Å². The Balaban J connectivity index is 1.86. The normalized spacial score (nSPS) is 18.5. The molecule has 0 saturated carbocycles. The van der Waals surface area contributed by atoms with Gasteiger partial charge in [-0.3, -0.25) is 0 Å². The minimum Gasteiger partial charge on any atom is -0.206 e. The second-order valence-electron chi connectivity index (χ2n) is 5.66. The third kappa shape index (κ3) is 2.59. The molecule has 5 nitrogen and oxygen atoms in total. The number of benzene rings is 1. The highest BCUT2D eigenvalue weighted by atomic mass is 32.2. The monoisotopic (exact) mass is 377 g/mol. The third-order valence-electron chi connectivity index (χ3n) is 4.18. The Morgan fingerprint density at radius 1 is 1.21 bits per heavy atom. The van der Waals surface area contributed by atoms with Crippen LogP contribution >= 0.6 is 23.1 Å². The summed E-state index contributed by atoms with van der Waals surface area (Å²) in [5.74, 6) is 0. The van der Waals surface area contributed by atoms with E-state index in [9.17, 15) is 8.42 Å². The molecule has 0 aliphatic carbocycles. The van der Waals surface area contributed by atoms with Gasteiger partial charge >= 0.3 is 0 Å². The topological polar surface area (TPSA) is 63.2 Å². The molecule has 0 radical (unpaired) electrons. The maximum absolute atomic E-state index is 13.2. The first-order chi connectivity index (χ1) is 11.6. The van der Waals surface area contributed by atoms with Crippen molar-refractivity contribution < 1.29 is 8.42 Å². The number of hydrogen-bond acceptors (Lipinski definition) is 6. The zero-order valence-electron chi connectivity index (χ0n) is 12.9. The van der Waals surface area contributed by atoms with Crippen molar-refractivity contribution in [2.24, 2.45) is 0 Å². The lowest BCUT2D eigenvalue weighted by Crippen LogP contribution is -2.40. The first-order valence-corrected chi connectivity index (χ1v) is 10.5. The van der Waals surface area contributed by atoms with Crippen LogP contribution in [0, 0.1) is 6.92 Å². The zero-order valence-corrected chi connectivity index (χ0v) is 15.4. The van der Waals surface area contributed by atoms with Gasteiger partial charge in [0.2, 0.25) is 0 Å². The van der Waals surface area contributed by atoms with E-state index in [2.05, 4.69) is 14.8 Å². The Morgan fingerprint density at radius 3 is 2.75 bits per heavy atom. The summed E-state index contributed by atoms with van der Waals surface area (Å²) in [7, 11) is -3.57. The minimum absolute atomic E-state index is 0.382. The van der Waals surface area contributed by atoms with Crippen LogP contribution < -0.4 is 0 Å². The predicted molar refractivity (Wildman–Crippen MR) is 94.8 cm³/mol. The summed E-state index contributed by atoms with van der Waals surface area (Å²) in [6, 6.07) is 11.1. The van der Waals surface area contributed by atoms with Gasteiger partial charge in [0.25, 0.3) is 10.0 Å². The van der Waals surface area contributed by atoms with E-state index in [4.69, 9.17) is 0 Å². The molecular formula is C16H15N3O2S3. The van der Waals surface area contributed by atoms with Crippen LogP contribution in [-0.4, -0.2) is 28.0 Å². The van der Waals surface area contributed by atoms with E-state index >= 15 is 0 Å². The summed E-state index contributed by atoms with van der Waals surface area (Å²) in [4.78, 5) is 0.984. The van der Waals surface area contributed by atoms with Gasteiger partial charge in [-0.1, -0.05) is 24.3 Å². The van der Waals surface area contributed by atoms with Crippen LogP contribution in [0.3, 0.4) is 0 Å². The van der Waals surface area contributed by atoms with Crippen molar-refractivity contribution in [3.8, 4) is 0 Å². The smallest absolute Gasteiger partial charge is 0.206 e. The molecular weight excluding hydrogens is 362 g/mol. The lowest BCUT2D eigenvalue weighted by atomic mass is 9.93. The first-order valence-electron chi connectivity index (χ1n) is 7.51. The van der Waals surface area contributed by atoms with Gasteiger partial charge < -0.3 is 0 Å². The summed E-state index contributed by atoms with van der Waals surface area (Å²) in [6.45, 7) is 2.36. The molecule has 8 heteroatoms. The molecule has 124 valence electrons. The Kier molecular flexibility index (Phi) is 4.00. The molecule has 0 N–H and O–H groups in total. The minimum atomic E-state index is -3.57. The maximum Gasteiger partial charge on any atom is 0.253 e. The molecule has 3 aromatic rings. The molecule has 1 unspecified atom stereocenters. The Hall–Kier alpha value is -1.61. The molecule has 24 heavy (non-hydrogen) atoms. The van der Waals surface area contributed by atoms with Crippen LogP contribution in [0.1, 0.15) is 27.7 Å². The van der Waals surface area contributed by atoms with Crippen LogP contribution in [0.15, 0.2) is 46.8 Å². The average molecular weight is 378 g/mol. The fourth-order valence-corrected chi connectivity index (χ4v) is 6.51. The molecule has 3 heterocycles. The Bertz CT molecular complexity index is 964. The van der Waals surface area contributed by atoms with E-state index in [1.54, 1.807) is 16.6 Å². The van der Waals surface area contributed by atoms with Gasteiger partial charge in [0.15, 0.2) is 0 Å². The molecule has 1 aliphatic heterocycles. The first kappa shape index (κ1) is 15.9. The molecule has 0 spiro atoms. The lowest BCUT2D eigenvalue weighted by molar-refractivity contribution is 0.341. The van der Waals surface area contributed by atoms with E-state index in [0.717, 1.165) is 22.2 Å². The quantitative estimate of drug-likeness (QED) is 0.703. The molecule has 0 bridgehead atoms. The van der Waals surface area contributed by atoms with E-state index < -0.39 is 16.1 Å². The number of sulfonamides is 1. The van der Waals surface area contributed by atoms with Gasteiger partial charge in [0.05, 0.1) is 29.7 Å². The molecule has 0 fully saturated rings. The maximum atomic E-state index is 13.2. The van der Waals surface area contributed by atoms with Crippen LogP contribution in [-0.2, 0) is 16.4 Å². The number of hydrogen-bond donors (Lipinski definition) is 0. The molecule has 1 aromatic carbocycles. The predicted octanol–water partition coefficient (Wildman–Crippen LogP) is 3.24.